The van der Waals surface area contributed by atoms with Crippen LogP contribution in [0.15, 0.2) is 24.3 Å². The van der Waals surface area contributed by atoms with Gasteiger partial charge in [-0.1, -0.05) is 6.07 Å². The lowest BCUT2D eigenvalue weighted by Gasteiger charge is -2.26. The Bertz CT molecular complexity index is 835. The maximum atomic E-state index is 13.0. The van der Waals surface area contributed by atoms with Gasteiger partial charge in [0.1, 0.15) is 0 Å². The summed E-state index contributed by atoms with van der Waals surface area (Å²) in [4.78, 5) is 13.0. The van der Waals surface area contributed by atoms with Gasteiger partial charge in [0.05, 0.1) is 41.0 Å². The molecule has 0 amide bonds. The third-order valence-corrected chi connectivity index (χ3v) is 4.61. The molecule has 0 aliphatic carbocycles. The summed E-state index contributed by atoms with van der Waals surface area (Å²) in [5, 5.41) is 10.2. The molecular formula is C20H22O7. The molecule has 7 heteroatoms. The van der Waals surface area contributed by atoms with Crippen LogP contribution in [0.1, 0.15) is 15.9 Å². The first-order chi connectivity index (χ1) is 13.0. The molecule has 0 radical (unpaired) electrons. The van der Waals surface area contributed by atoms with Crippen LogP contribution >= 0.6 is 0 Å². The highest BCUT2D eigenvalue weighted by atomic mass is 16.5. The Kier molecular flexibility index (Phi) is 5.30. The zero-order chi connectivity index (χ0) is 19.6. The number of aromatic hydroxyl groups is 1. The van der Waals surface area contributed by atoms with E-state index in [1.54, 1.807) is 24.3 Å². The highest BCUT2D eigenvalue weighted by Gasteiger charge is 2.30. The van der Waals surface area contributed by atoms with Crippen LogP contribution in [0.4, 0.5) is 0 Å². The molecule has 27 heavy (non-hydrogen) atoms. The van der Waals surface area contributed by atoms with Gasteiger partial charge in [0.2, 0.25) is 11.5 Å². The number of carbonyl (C=O) groups excluding carboxylic acids is 1. The van der Waals surface area contributed by atoms with Crippen molar-refractivity contribution in [3.8, 4) is 34.5 Å². The average molecular weight is 374 g/mol. The number of phenolic OH excluding ortho intramolecular Hbond substituents is 1. The monoisotopic (exact) mass is 374 g/mol. The Hall–Kier alpha value is -3.09. The topological polar surface area (TPSA) is 83.5 Å². The van der Waals surface area contributed by atoms with Crippen molar-refractivity contribution in [2.45, 2.75) is 6.42 Å². The maximum absolute atomic E-state index is 13.0. The molecule has 1 heterocycles. The number of phenols is 1. The van der Waals surface area contributed by atoms with Crippen molar-refractivity contribution in [1.82, 2.24) is 0 Å². The second kappa shape index (κ2) is 7.65. The van der Waals surface area contributed by atoms with Gasteiger partial charge in [-0.05, 0) is 30.2 Å². The van der Waals surface area contributed by atoms with Crippen LogP contribution in [0.25, 0.3) is 0 Å². The summed E-state index contributed by atoms with van der Waals surface area (Å²) in [5.74, 6) is 1.42. The van der Waals surface area contributed by atoms with Crippen molar-refractivity contribution in [2.24, 2.45) is 5.92 Å². The minimum absolute atomic E-state index is 0.0475. The molecule has 1 unspecified atom stereocenters. The largest absolute Gasteiger partial charge is 0.502 e. The molecule has 2 aromatic rings. The fourth-order valence-electron chi connectivity index (χ4n) is 3.22. The smallest absolute Gasteiger partial charge is 0.203 e. The predicted molar refractivity (Wildman–Crippen MR) is 97.8 cm³/mol. The normalized spacial score (nSPS) is 15.3. The van der Waals surface area contributed by atoms with Gasteiger partial charge in [0, 0.05) is 5.56 Å². The predicted octanol–water partition coefficient (Wildman–Crippen LogP) is 2.86. The van der Waals surface area contributed by atoms with E-state index in [4.69, 9.17) is 23.7 Å². The lowest BCUT2D eigenvalue weighted by Crippen LogP contribution is -2.28. The zero-order valence-electron chi connectivity index (χ0n) is 15.7. The van der Waals surface area contributed by atoms with Gasteiger partial charge in [0.25, 0.3) is 0 Å². The van der Waals surface area contributed by atoms with E-state index in [0.29, 0.717) is 40.7 Å². The summed E-state index contributed by atoms with van der Waals surface area (Å²) in [6.07, 6.45) is 0.447. The van der Waals surface area contributed by atoms with Gasteiger partial charge in [-0.25, -0.2) is 0 Å². The minimum atomic E-state index is -0.395. The maximum Gasteiger partial charge on any atom is 0.203 e. The number of carbonyl (C=O) groups is 1. The number of ketones is 1. The molecule has 0 saturated heterocycles. The lowest BCUT2D eigenvalue weighted by atomic mass is 9.89. The third-order valence-electron chi connectivity index (χ3n) is 4.61. The van der Waals surface area contributed by atoms with Gasteiger partial charge in [-0.2, -0.15) is 0 Å². The number of fused-ring (bicyclic) bond motifs is 1. The van der Waals surface area contributed by atoms with Crippen LogP contribution in [0.5, 0.6) is 34.5 Å². The Morgan fingerprint density at radius 3 is 2.19 bits per heavy atom. The molecule has 0 bridgehead atoms. The van der Waals surface area contributed by atoms with E-state index >= 15 is 0 Å². The number of ether oxygens (including phenoxy) is 5. The zero-order valence-corrected chi connectivity index (χ0v) is 15.7. The summed E-state index contributed by atoms with van der Waals surface area (Å²) < 4.78 is 26.7. The van der Waals surface area contributed by atoms with Gasteiger partial charge in [0.15, 0.2) is 28.8 Å². The van der Waals surface area contributed by atoms with Crippen molar-refractivity contribution >= 4 is 5.78 Å². The van der Waals surface area contributed by atoms with Crippen LogP contribution in [0.2, 0.25) is 0 Å². The van der Waals surface area contributed by atoms with E-state index in [9.17, 15) is 9.90 Å². The van der Waals surface area contributed by atoms with Gasteiger partial charge in [-0.3, -0.25) is 4.79 Å². The van der Waals surface area contributed by atoms with Crippen molar-refractivity contribution in [1.29, 1.82) is 0 Å². The van der Waals surface area contributed by atoms with E-state index < -0.39 is 5.92 Å². The van der Waals surface area contributed by atoms with Crippen molar-refractivity contribution in [2.75, 3.05) is 35.0 Å². The van der Waals surface area contributed by atoms with E-state index in [-0.39, 0.29) is 18.1 Å². The molecule has 0 aromatic heterocycles. The van der Waals surface area contributed by atoms with E-state index in [2.05, 4.69) is 0 Å². The first-order valence-electron chi connectivity index (χ1n) is 8.39. The molecule has 2 aromatic carbocycles. The third kappa shape index (κ3) is 3.32. The molecule has 0 spiro atoms. The fraction of sp³-hybridized carbons (Fsp3) is 0.350. The summed E-state index contributed by atoms with van der Waals surface area (Å²) in [6, 6.07) is 6.71. The van der Waals surface area contributed by atoms with E-state index in [1.165, 1.54) is 28.4 Å². The average Bonchev–Trinajstić information content (AvgIpc) is 2.72. The first-order valence-corrected chi connectivity index (χ1v) is 8.39. The SMILES string of the molecule is COc1ccc2c(c1O)OCC(C(=O)c1cc(OC)c(OC)c(OC)c1)C2. The summed E-state index contributed by atoms with van der Waals surface area (Å²) in [7, 11) is 5.99. The summed E-state index contributed by atoms with van der Waals surface area (Å²) in [5.41, 5.74) is 1.20. The number of Topliss-reactive ketones (excluding diaryl/α,β-unsaturated/α-hetero) is 1. The quantitative estimate of drug-likeness (QED) is 0.779. The Balaban J connectivity index is 1.90. The van der Waals surface area contributed by atoms with Crippen LogP contribution < -0.4 is 23.7 Å². The van der Waals surface area contributed by atoms with Gasteiger partial charge >= 0.3 is 0 Å². The van der Waals surface area contributed by atoms with Crippen molar-refractivity contribution in [3.63, 3.8) is 0 Å². The van der Waals surface area contributed by atoms with Gasteiger partial charge < -0.3 is 28.8 Å². The van der Waals surface area contributed by atoms with Crippen LogP contribution in [0.3, 0.4) is 0 Å². The Labute approximate surface area is 157 Å². The number of hydrogen-bond acceptors (Lipinski definition) is 7. The molecule has 1 aliphatic rings. The standard InChI is InChI=1S/C20H22O7/c1-23-14-6-5-11-7-13(10-27-19(11)18(14)22)17(21)12-8-15(24-2)20(26-4)16(9-12)25-3/h5-6,8-9,13,22H,7,10H2,1-4H3. The molecule has 3 rings (SSSR count). The molecular weight excluding hydrogens is 352 g/mol. The van der Waals surface area contributed by atoms with Crippen LogP contribution in [-0.4, -0.2) is 45.9 Å². The number of methoxy groups -OCH3 is 4. The number of benzene rings is 2. The lowest BCUT2D eigenvalue weighted by molar-refractivity contribution is 0.0850. The summed E-state index contributed by atoms with van der Waals surface area (Å²) in [6.45, 7) is 0.156. The molecule has 1 aliphatic heterocycles. The fourth-order valence-corrected chi connectivity index (χ4v) is 3.22. The van der Waals surface area contributed by atoms with Crippen molar-refractivity contribution in [3.05, 3.63) is 35.4 Å². The molecule has 0 fully saturated rings. The molecule has 1 N–H and O–H groups in total. The molecule has 1 atom stereocenters. The molecule has 0 saturated carbocycles. The van der Waals surface area contributed by atoms with E-state index in [0.717, 1.165) is 5.56 Å². The molecule has 144 valence electrons. The second-order valence-corrected chi connectivity index (χ2v) is 6.09. The Morgan fingerprint density at radius 2 is 1.63 bits per heavy atom. The van der Waals surface area contributed by atoms with E-state index in [1.807, 2.05) is 0 Å². The number of rotatable bonds is 6. The number of hydrogen-bond donors (Lipinski definition) is 1. The second-order valence-electron chi connectivity index (χ2n) is 6.09. The highest BCUT2D eigenvalue weighted by Crippen LogP contribution is 2.43. The first kappa shape index (κ1) is 18.7. The van der Waals surface area contributed by atoms with Crippen LogP contribution in [0, 0.1) is 5.92 Å². The van der Waals surface area contributed by atoms with Crippen molar-refractivity contribution < 1.29 is 33.6 Å². The highest BCUT2D eigenvalue weighted by molar-refractivity contribution is 5.99. The van der Waals surface area contributed by atoms with Crippen LogP contribution in [-0.2, 0) is 6.42 Å². The Morgan fingerprint density at radius 1 is 1.00 bits per heavy atom. The molecule has 7 nitrogen and oxygen atoms in total. The minimum Gasteiger partial charge on any atom is -0.502 e. The summed E-state index contributed by atoms with van der Waals surface area (Å²) >= 11 is 0. The van der Waals surface area contributed by atoms with Gasteiger partial charge in [-0.15, -0.1) is 0 Å².